The number of hydrogen-bond acceptors (Lipinski definition) is 4. The lowest BCUT2D eigenvalue weighted by Gasteiger charge is -2.36. The molecule has 0 bridgehead atoms. The molecule has 5 heteroatoms. The van der Waals surface area contributed by atoms with Crippen molar-refractivity contribution in [2.45, 2.75) is 38.8 Å². The van der Waals surface area contributed by atoms with Gasteiger partial charge >= 0.3 is 5.97 Å². The maximum absolute atomic E-state index is 11.2. The monoisotopic (exact) mass is 237 g/mol. The van der Waals surface area contributed by atoms with Crippen LogP contribution < -0.4 is 5.32 Å². The predicted octanol–water partition coefficient (Wildman–Crippen LogP) is 1.83. The van der Waals surface area contributed by atoms with E-state index < -0.39 is 0 Å². The molecule has 0 fully saturated rings. The molecule has 1 aliphatic rings. The Morgan fingerprint density at radius 3 is 3.06 bits per heavy atom. The van der Waals surface area contributed by atoms with Gasteiger partial charge in [0, 0.05) is 24.4 Å². The van der Waals surface area contributed by atoms with Crippen LogP contribution in [0.3, 0.4) is 0 Å². The molecule has 17 heavy (non-hydrogen) atoms. The lowest BCUT2D eigenvalue weighted by Crippen LogP contribution is -2.38. The van der Waals surface area contributed by atoms with E-state index in [1.165, 1.54) is 7.11 Å². The van der Waals surface area contributed by atoms with Crippen LogP contribution in [0.25, 0.3) is 0 Å². The van der Waals surface area contributed by atoms with Crippen molar-refractivity contribution in [2.24, 2.45) is 5.92 Å². The predicted molar refractivity (Wildman–Crippen MR) is 64.8 cm³/mol. The Kier molecular flexibility index (Phi) is 3.36. The first-order valence-corrected chi connectivity index (χ1v) is 6.00. The molecule has 1 aliphatic heterocycles. The third-order valence-electron chi connectivity index (χ3n) is 3.60. The molecule has 5 nitrogen and oxygen atoms in total. The lowest BCUT2D eigenvalue weighted by atomic mass is 9.87. The molecule has 0 saturated carbocycles. The highest BCUT2D eigenvalue weighted by Gasteiger charge is 2.31. The van der Waals surface area contributed by atoms with Crippen molar-refractivity contribution < 1.29 is 9.53 Å². The van der Waals surface area contributed by atoms with Crippen LogP contribution in [0.2, 0.25) is 0 Å². The minimum atomic E-state index is -0.143. The number of fused-ring (bicyclic) bond motifs is 1. The fourth-order valence-corrected chi connectivity index (χ4v) is 2.57. The number of aromatic nitrogens is 2. The fourth-order valence-electron chi connectivity index (χ4n) is 2.57. The standard InChI is InChI=1S/C12H19N3O2/c1-8-10(4-5-12(16)17-3)9(2)15-11(14-8)6-7-13-15/h6-10,14H,4-5H2,1-3H3. The molecule has 0 radical (unpaired) electrons. The Bertz CT molecular complexity index is 402. The van der Waals surface area contributed by atoms with E-state index in [4.69, 9.17) is 0 Å². The van der Waals surface area contributed by atoms with Crippen LogP contribution in [0.5, 0.6) is 0 Å². The molecule has 0 spiro atoms. The second-order valence-corrected chi connectivity index (χ2v) is 4.61. The van der Waals surface area contributed by atoms with Crippen molar-refractivity contribution in [3.05, 3.63) is 12.3 Å². The quantitative estimate of drug-likeness (QED) is 0.815. The van der Waals surface area contributed by atoms with Crippen molar-refractivity contribution in [3.63, 3.8) is 0 Å². The number of esters is 1. The fraction of sp³-hybridized carbons (Fsp3) is 0.667. The molecule has 0 aromatic carbocycles. The van der Waals surface area contributed by atoms with Crippen molar-refractivity contribution in [1.82, 2.24) is 9.78 Å². The lowest BCUT2D eigenvalue weighted by molar-refractivity contribution is -0.141. The van der Waals surface area contributed by atoms with E-state index in [1.54, 1.807) is 6.20 Å². The van der Waals surface area contributed by atoms with Gasteiger partial charge in [0.15, 0.2) is 0 Å². The molecular weight excluding hydrogens is 218 g/mol. The second kappa shape index (κ2) is 4.77. The molecule has 1 aromatic rings. The summed E-state index contributed by atoms with van der Waals surface area (Å²) in [5, 5.41) is 7.72. The normalized spacial score (nSPS) is 27.1. The Labute approximate surface area is 101 Å². The molecule has 3 unspecified atom stereocenters. The number of hydrogen-bond donors (Lipinski definition) is 1. The minimum Gasteiger partial charge on any atom is -0.469 e. The van der Waals surface area contributed by atoms with Crippen molar-refractivity contribution >= 4 is 11.8 Å². The third kappa shape index (κ3) is 2.28. The van der Waals surface area contributed by atoms with E-state index in [1.807, 2.05) is 10.7 Å². The number of methoxy groups -OCH3 is 1. The number of ether oxygens (including phenoxy) is 1. The number of nitrogens with zero attached hydrogens (tertiary/aromatic N) is 2. The molecule has 0 amide bonds. The Hall–Kier alpha value is -1.52. The molecule has 0 aliphatic carbocycles. The summed E-state index contributed by atoms with van der Waals surface area (Å²) >= 11 is 0. The van der Waals surface area contributed by atoms with Gasteiger partial charge < -0.3 is 10.1 Å². The van der Waals surface area contributed by atoms with E-state index in [-0.39, 0.29) is 5.97 Å². The van der Waals surface area contributed by atoms with Crippen LogP contribution in [0.4, 0.5) is 5.82 Å². The number of rotatable bonds is 3. The van der Waals surface area contributed by atoms with E-state index in [2.05, 4.69) is 29.0 Å². The first-order valence-electron chi connectivity index (χ1n) is 6.00. The minimum absolute atomic E-state index is 0.143. The van der Waals surface area contributed by atoms with Gasteiger partial charge in [-0.2, -0.15) is 5.10 Å². The number of anilines is 1. The van der Waals surface area contributed by atoms with E-state index in [0.717, 1.165) is 12.2 Å². The van der Waals surface area contributed by atoms with Crippen LogP contribution in [0.1, 0.15) is 32.7 Å². The van der Waals surface area contributed by atoms with Crippen molar-refractivity contribution in [2.75, 3.05) is 12.4 Å². The van der Waals surface area contributed by atoms with E-state index >= 15 is 0 Å². The maximum Gasteiger partial charge on any atom is 0.305 e. The summed E-state index contributed by atoms with van der Waals surface area (Å²) in [6.07, 6.45) is 3.09. The molecule has 2 rings (SSSR count). The van der Waals surface area contributed by atoms with E-state index in [0.29, 0.717) is 24.4 Å². The number of carbonyl (C=O) groups excluding carboxylic acids is 1. The van der Waals surface area contributed by atoms with Crippen molar-refractivity contribution in [3.8, 4) is 0 Å². The zero-order valence-electron chi connectivity index (χ0n) is 10.5. The molecule has 2 heterocycles. The van der Waals surface area contributed by atoms with Gasteiger partial charge in [-0.3, -0.25) is 4.79 Å². The number of carbonyl (C=O) groups is 1. The average Bonchev–Trinajstić information content (AvgIpc) is 2.76. The summed E-state index contributed by atoms with van der Waals surface area (Å²) < 4.78 is 6.67. The van der Waals surface area contributed by atoms with Crippen LogP contribution >= 0.6 is 0 Å². The van der Waals surface area contributed by atoms with Gasteiger partial charge in [-0.25, -0.2) is 4.68 Å². The van der Waals surface area contributed by atoms with Crippen LogP contribution in [-0.4, -0.2) is 28.9 Å². The molecule has 1 aromatic heterocycles. The summed E-state index contributed by atoms with van der Waals surface area (Å²) in [7, 11) is 1.43. The summed E-state index contributed by atoms with van der Waals surface area (Å²) in [5.74, 6) is 1.30. The first kappa shape index (κ1) is 12.0. The van der Waals surface area contributed by atoms with Gasteiger partial charge in [-0.05, 0) is 20.3 Å². The largest absolute Gasteiger partial charge is 0.469 e. The van der Waals surface area contributed by atoms with Gasteiger partial charge in [0.1, 0.15) is 5.82 Å². The summed E-state index contributed by atoms with van der Waals surface area (Å²) in [4.78, 5) is 11.2. The maximum atomic E-state index is 11.2. The SMILES string of the molecule is COC(=O)CCC1C(C)Nc2ccnn2C1C. The van der Waals surface area contributed by atoms with Crippen LogP contribution in [0.15, 0.2) is 12.3 Å². The van der Waals surface area contributed by atoms with E-state index in [9.17, 15) is 4.79 Å². The topological polar surface area (TPSA) is 56.1 Å². The molecule has 3 atom stereocenters. The molecule has 0 saturated heterocycles. The summed E-state index contributed by atoms with van der Waals surface area (Å²) in [5.41, 5.74) is 0. The van der Waals surface area contributed by atoms with Crippen molar-refractivity contribution in [1.29, 1.82) is 0 Å². The second-order valence-electron chi connectivity index (χ2n) is 4.61. The smallest absolute Gasteiger partial charge is 0.305 e. The van der Waals surface area contributed by atoms with Gasteiger partial charge in [0.05, 0.1) is 19.3 Å². The highest BCUT2D eigenvalue weighted by Crippen LogP contribution is 2.33. The third-order valence-corrected chi connectivity index (χ3v) is 3.60. The Morgan fingerprint density at radius 1 is 1.59 bits per heavy atom. The molecule has 1 N–H and O–H groups in total. The van der Waals surface area contributed by atoms with Gasteiger partial charge in [-0.1, -0.05) is 0 Å². The zero-order valence-corrected chi connectivity index (χ0v) is 10.5. The summed E-state index contributed by atoms with van der Waals surface area (Å²) in [6.45, 7) is 4.30. The highest BCUT2D eigenvalue weighted by molar-refractivity contribution is 5.69. The van der Waals surface area contributed by atoms with Crippen LogP contribution in [-0.2, 0) is 9.53 Å². The van der Waals surface area contributed by atoms with Gasteiger partial charge in [0.2, 0.25) is 0 Å². The average molecular weight is 237 g/mol. The van der Waals surface area contributed by atoms with Gasteiger partial charge in [0.25, 0.3) is 0 Å². The van der Waals surface area contributed by atoms with Gasteiger partial charge in [-0.15, -0.1) is 0 Å². The zero-order chi connectivity index (χ0) is 12.4. The highest BCUT2D eigenvalue weighted by atomic mass is 16.5. The van der Waals surface area contributed by atoms with Crippen LogP contribution in [0, 0.1) is 5.92 Å². The first-order chi connectivity index (χ1) is 8.13. The Morgan fingerprint density at radius 2 is 2.35 bits per heavy atom. The number of nitrogens with one attached hydrogen (secondary N) is 1. The summed E-state index contributed by atoms with van der Waals surface area (Å²) in [6, 6.07) is 2.63. The Balaban J connectivity index is 2.06. The molecule has 94 valence electrons. The molecular formula is C12H19N3O2.